The van der Waals surface area contributed by atoms with Gasteiger partial charge in [-0.25, -0.2) is 0 Å². The number of benzene rings is 8. The smallest absolute Gasteiger partial charge is 0.434 e. The van der Waals surface area contributed by atoms with Gasteiger partial charge in [-0.15, -0.1) is 0 Å². The summed E-state index contributed by atoms with van der Waals surface area (Å²) in [5, 5.41) is 2.52. The van der Waals surface area contributed by atoms with E-state index >= 15 is 0 Å². The molecule has 2 aliphatic rings. The number of para-hydroxylation sites is 3. The average Bonchev–Trinajstić information content (AvgIpc) is 3.55. The molecular formula is C48H30BNO2. The molecule has 0 spiro atoms. The van der Waals surface area contributed by atoms with Gasteiger partial charge in [-0.2, -0.15) is 0 Å². The van der Waals surface area contributed by atoms with Crippen LogP contribution in [0.3, 0.4) is 0 Å². The first kappa shape index (κ1) is 29.0. The summed E-state index contributed by atoms with van der Waals surface area (Å²) in [4.78, 5) is 0. The topological polar surface area (TPSA) is 23.4 Å². The molecule has 242 valence electrons. The van der Waals surface area contributed by atoms with Crippen LogP contribution in [0.25, 0.3) is 72.0 Å². The summed E-state index contributed by atoms with van der Waals surface area (Å²) in [6.45, 7) is -0.270. The Morgan fingerprint density at radius 1 is 0.385 bits per heavy atom. The minimum Gasteiger partial charge on any atom is -0.551 e. The molecule has 8 aromatic carbocycles. The van der Waals surface area contributed by atoms with Gasteiger partial charge in [0.15, 0.2) is 0 Å². The van der Waals surface area contributed by atoms with Crippen LogP contribution in [-0.2, 0) is 0 Å². The van der Waals surface area contributed by atoms with Gasteiger partial charge in [0.25, 0.3) is 0 Å². The highest BCUT2D eigenvalue weighted by atomic mass is 16.5. The predicted molar refractivity (Wildman–Crippen MR) is 215 cm³/mol. The zero-order valence-corrected chi connectivity index (χ0v) is 28.2. The van der Waals surface area contributed by atoms with Crippen molar-refractivity contribution >= 4 is 39.6 Å². The van der Waals surface area contributed by atoms with E-state index in [9.17, 15) is 0 Å². The molecule has 1 aromatic heterocycles. The summed E-state index contributed by atoms with van der Waals surface area (Å²) in [5.41, 5.74) is 14.8. The molecule has 0 saturated heterocycles. The summed E-state index contributed by atoms with van der Waals surface area (Å²) in [7, 11) is 0. The number of aromatic nitrogens is 1. The van der Waals surface area contributed by atoms with Crippen LogP contribution >= 0.6 is 0 Å². The van der Waals surface area contributed by atoms with E-state index in [4.69, 9.17) is 9.39 Å². The van der Waals surface area contributed by atoms with Crippen LogP contribution < -0.4 is 20.3 Å². The number of hydrogen-bond acceptors (Lipinski definition) is 2. The van der Waals surface area contributed by atoms with Crippen molar-refractivity contribution in [2.45, 2.75) is 0 Å². The maximum absolute atomic E-state index is 6.90. The van der Waals surface area contributed by atoms with Gasteiger partial charge in [0.05, 0.1) is 11.0 Å². The third kappa shape index (κ3) is 4.41. The van der Waals surface area contributed by atoms with E-state index in [0.717, 1.165) is 61.7 Å². The summed E-state index contributed by atoms with van der Waals surface area (Å²) >= 11 is 0. The Morgan fingerprint density at radius 2 is 0.981 bits per heavy atom. The Labute approximate surface area is 302 Å². The van der Waals surface area contributed by atoms with Crippen molar-refractivity contribution in [3.63, 3.8) is 0 Å². The van der Waals surface area contributed by atoms with Gasteiger partial charge >= 0.3 is 6.92 Å². The molecule has 52 heavy (non-hydrogen) atoms. The molecule has 11 rings (SSSR count). The fourth-order valence-electron chi connectivity index (χ4n) is 8.30. The summed E-state index contributed by atoms with van der Waals surface area (Å²) < 4.78 is 16.1. The number of nitrogens with zero attached hydrogens (tertiary/aromatic N) is 1. The van der Waals surface area contributed by atoms with Gasteiger partial charge in [-0.05, 0) is 87.5 Å². The molecule has 0 amide bonds. The molecule has 0 radical (unpaired) electrons. The molecule has 9 aromatic rings. The van der Waals surface area contributed by atoms with Crippen molar-refractivity contribution < 1.29 is 9.39 Å². The lowest BCUT2D eigenvalue weighted by Crippen LogP contribution is -2.53. The fraction of sp³-hybridized carbons (Fsp3) is 0. The fourth-order valence-corrected chi connectivity index (χ4v) is 8.30. The van der Waals surface area contributed by atoms with Gasteiger partial charge in [0.2, 0.25) is 0 Å². The molecule has 0 N–H and O–H groups in total. The lowest BCUT2D eigenvalue weighted by Gasteiger charge is -2.33. The Hall–Kier alpha value is -6.78. The van der Waals surface area contributed by atoms with E-state index in [2.05, 4.69) is 180 Å². The average molecular weight is 664 g/mol. The van der Waals surface area contributed by atoms with Crippen molar-refractivity contribution in [2.24, 2.45) is 0 Å². The number of ether oxygens (including phenoxy) is 1. The molecule has 0 saturated carbocycles. The molecule has 0 fully saturated rings. The Balaban J connectivity index is 1.02. The largest absolute Gasteiger partial charge is 0.551 e. The van der Waals surface area contributed by atoms with Crippen molar-refractivity contribution in [3.8, 4) is 67.4 Å². The Kier molecular flexibility index (Phi) is 6.35. The quantitative estimate of drug-likeness (QED) is 0.175. The van der Waals surface area contributed by atoms with Crippen LogP contribution in [0.15, 0.2) is 182 Å². The van der Waals surface area contributed by atoms with Crippen LogP contribution in [0.4, 0.5) is 0 Å². The highest BCUT2D eigenvalue weighted by Gasteiger charge is 2.41. The minimum absolute atomic E-state index is 0.270. The van der Waals surface area contributed by atoms with Gasteiger partial charge in [0, 0.05) is 32.9 Å². The molecule has 0 bridgehead atoms. The summed E-state index contributed by atoms with van der Waals surface area (Å²) in [6, 6.07) is 64.7. The lowest BCUT2D eigenvalue weighted by atomic mass is 9.50. The van der Waals surface area contributed by atoms with Crippen molar-refractivity contribution in [3.05, 3.63) is 182 Å². The predicted octanol–water partition coefficient (Wildman–Crippen LogP) is 11.1. The molecule has 4 heteroatoms. The van der Waals surface area contributed by atoms with E-state index in [0.29, 0.717) is 0 Å². The number of hydrogen-bond donors (Lipinski definition) is 0. The second-order valence-corrected chi connectivity index (χ2v) is 13.6. The zero-order chi connectivity index (χ0) is 34.2. The SMILES string of the molecule is c1ccc(-c2ccccc2-c2cc3c4c(c2)-c2ccccc2OB4c2ccc(-c4ccc(-n5c6ccccc6c6ccccc65)cc4)cc2O3)cc1. The molecule has 0 atom stereocenters. The van der Waals surface area contributed by atoms with E-state index < -0.39 is 0 Å². The van der Waals surface area contributed by atoms with Crippen LogP contribution in [0.2, 0.25) is 0 Å². The van der Waals surface area contributed by atoms with Gasteiger partial charge < -0.3 is 14.0 Å². The highest BCUT2D eigenvalue weighted by molar-refractivity contribution is 6.84. The third-order valence-electron chi connectivity index (χ3n) is 10.7. The second-order valence-electron chi connectivity index (χ2n) is 13.6. The first-order valence-electron chi connectivity index (χ1n) is 17.8. The molecule has 3 nitrogen and oxygen atoms in total. The highest BCUT2D eigenvalue weighted by Crippen LogP contribution is 2.43. The van der Waals surface area contributed by atoms with Crippen molar-refractivity contribution in [1.29, 1.82) is 0 Å². The lowest BCUT2D eigenvalue weighted by molar-refractivity contribution is 0.480. The zero-order valence-electron chi connectivity index (χ0n) is 28.2. The number of rotatable bonds is 4. The first-order valence-corrected chi connectivity index (χ1v) is 17.8. The Bertz CT molecular complexity index is 2800. The van der Waals surface area contributed by atoms with Gasteiger partial charge in [-0.3, -0.25) is 0 Å². The van der Waals surface area contributed by atoms with E-state index in [-0.39, 0.29) is 6.92 Å². The van der Waals surface area contributed by atoms with E-state index in [1.165, 1.54) is 38.5 Å². The van der Waals surface area contributed by atoms with E-state index in [1.54, 1.807) is 0 Å². The molecule has 0 unspecified atom stereocenters. The van der Waals surface area contributed by atoms with Crippen LogP contribution in [-0.4, -0.2) is 11.5 Å². The second kappa shape index (κ2) is 11.4. The maximum Gasteiger partial charge on any atom is 0.434 e. The maximum atomic E-state index is 6.90. The van der Waals surface area contributed by atoms with Gasteiger partial charge in [-0.1, -0.05) is 133 Å². The standard InChI is InChI=1S/C48H30BNO2/c1-2-12-32(13-3-1)36-14-4-5-15-37(36)34-28-41-40-18-8-11-21-45(40)52-49-42-27-24-33(29-46(42)51-47(30-34)48(41)49)31-22-25-35(26-23-31)50-43-19-9-6-16-38(43)39-17-7-10-20-44(39)50/h1-30H. The van der Waals surface area contributed by atoms with Crippen LogP contribution in [0, 0.1) is 0 Å². The molecule has 3 heterocycles. The van der Waals surface area contributed by atoms with Crippen molar-refractivity contribution in [2.75, 3.05) is 0 Å². The molecule has 0 aliphatic carbocycles. The van der Waals surface area contributed by atoms with Gasteiger partial charge in [0.1, 0.15) is 17.2 Å². The summed E-state index contributed by atoms with van der Waals surface area (Å²) in [6.07, 6.45) is 0. The number of fused-ring (bicyclic) bond motifs is 7. The molecule has 2 aliphatic heterocycles. The first-order chi connectivity index (χ1) is 25.8. The van der Waals surface area contributed by atoms with E-state index in [1.807, 2.05) is 6.07 Å². The normalized spacial score (nSPS) is 12.5. The molecular weight excluding hydrogens is 633 g/mol. The van der Waals surface area contributed by atoms with Crippen LogP contribution in [0.1, 0.15) is 0 Å². The summed E-state index contributed by atoms with van der Waals surface area (Å²) in [5.74, 6) is 2.54. The van der Waals surface area contributed by atoms with Crippen LogP contribution in [0.5, 0.6) is 17.2 Å². The third-order valence-corrected chi connectivity index (χ3v) is 10.7. The minimum atomic E-state index is -0.270. The monoisotopic (exact) mass is 663 g/mol. The van der Waals surface area contributed by atoms with Crippen molar-refractivity contribution in [1.82, 2.24) is 4.57 Å². The Morgan fingerprint density at radius 3 is 1.73 bits per heavy atom.